The van der Waals surface area contributed by atoms with E-state index < -0.39 is 5.54 Å². The Bertz CT molecular complexity index is 506. The van der Waals surface area contributed by atoms with Crippen LogP contribution in [-0.4, -0.2) is 37.4 Å². The molecule has 0 amide bonds. The van der Waals surface area contributed by atoms with Crippen LogP contribution in [0.25, 0.3) is 0 Å². The molecule has 21 heavy (non-hydrogen) atoms. The van der Waals surface area contributed by atoms with Crippen molar-refractivity contribution in [3.8, 4) is 5.75 Å². The van der Waals surface area contributed by atoms with Gasteiger partial charge in [-0.05, 0) is 45.1 Å². The molecule has 0 radical (unpaired) electrons. The third-order valence-electron chi connectivity index (χ3n) is 4.62. The fourth-order valence-electron chi connectivity index (χ4n) is 3.26. The molecule has 0 N–H and O–H groups in total. The van der Waals surface area contributed by atoms with E-state index in [1.54, 1.807) is 19.2 Å². The zero-order valence-corrected chi connectivity index (χ0v) is 13.9. The lowest BCUT2D eigenvalue weighted by atomic mass is 9.81. The van der Waals surface area contributed by atoms with Crippen LogP contribution in [0.2, 0.25) is 5.02 Å². The second kappa shape index (κ2) is 6.80. The average molecular weight is 310 g/mol. The number of halogens is 1. The average Bonchev–Trinajstić information content (AvgIpc) is 2.73. The number of Topliss-reactive ketones (excluding diaryl/α,β-unsaturated/α-hetero) is 1. The Morgan fingerprint density at radius 1 is 1.19 bits per heavy atom. The molecule has 1 aliphatic carbocycles. The fraction of sp³-hybridized carbons (Fsp3) is 0.588. The minimum absolute atomic E-state index is 0.185. The van der Waals surface area contributed by atoms with E-state index in [-0.39, 0.29) is 5.78 Å². The van der Waals surface area contributed by atoms with E-state index in [4.69, 9.17) is 16.3 Å². The summed E-state index contributed by atoms with van der Waals surface area (Å²) in [7, 11) is 5.59. The van der Waals surface area contributed by atoms with Gasteiger partial charge in [-0.1, -0.05) is 37.3 Å². The van der Waals surface area contributed by atoms with Crippen LogP contribution >= 0.6 is 11.6 Å². The van der Waals surface area contributed by atoms with Crippen LogP contribution in [-0.2, 0) is 0 Å². The molecule has 2 rings (SSSR count). The van der Waals surface area contributed by atoms with Gasteiger partial charge in [-0.3, -0.25) is 9.69 Å². The van der Waals surface area contributed by atoms with Crippen molar-refractivity contribution in [2.75, 3.05) is 21.2 Å². The van der Waals surface area contributed by atoms with Crippen LogP contribution in [0.4, 0.5) is 0 Å². The monoisotopic (exact) mass is 309 g/mol. The van der Waals surface area contributed by atoms with Crippen LogP contribution < -0.4 is 4.74 Å². The van der Waals surface area contributed by atoms with Gasteiger partial charge in [0.25, 0.3) is 0 Å². The number of rotatable bonds is 4. The van der Waals surface area contributed by atoms with Crippen LogP contribution in [0.5, 0.6) is 5.75 Å². The maximum absolute atomic E-state index is 13.2. The highest BCUT2D eigenvalue weighted by Crippen LogP contribution is 2.35. The summed E-state index contributed by atoms with van der Waals surface area (Å²) in [5.74, 6) is 0.745. The van der Waals surface area contributed by atoms with Crippen LogP contribution in [0.15, 0.2) is 18.2 Å². The molecule has 1 aromatic carbocycles. The SMILES string of the molecule is COc1cc(C(=O)C2(N(C)C)CCCCCC2)ccc1Cl. The van der Waals surface area contributed by atoms with E-state index in [0.717, 1.165) is 25.7 Å². The summed E-state index contributed by atoms with van der Waals surface area (Å²) in [6, 6.07) is 5.32. The first-order chi connectivity index (χ1) is 10.0. The molecule has 116 valence electrons. The molecule has 3 nitrogen and oxygen atoms in total. The van der Waals surface area contributed by atoms with E-state index in [1.165, 1.54) is 12.8 Å². The van der Waals surface area contributed by atoms with Crippen LogP contribution in [0, 0.1) is 0 Å². The zero-order valence-electron chi connectivity index (χ0n) is 13.1. The molecule has 0 unspecified atom stereocenters. The lowest BCUT2D eigenvalue weighted by Crippen LogP contribution is -2.50. The molecule has 1 aromatic rings. The first-order valence-corrected chi connectivity index (χ1v) is 7.95. The third-order valence-corrected chi connectivity index (χ3v) is 4.93. The normalized spacial score (nSPS) is 18.3. The highest BCUT2D eigenvalue weighted by Gasteiger charge is 2.41. The van der Waals surface area contributed by atoms with Gasteiger partial charge in [-0.15, -0.1) is 0 Å². The minimum Gasteiger partial charge on any atom is -0.495 e. The van der Waals surface area contributed by atoms with Gasteiger partial charge >= 0.3 is 0 Å². The van der Waals surface area contributed by atoms with E-state index >= 15 is 0 Å². The number of methoxy groups -OCH3 is 1. The molecule has 0 aliphatic heterocycles. The topological polar surface area (TPSA) is 29.5 Å². The van der Waals surface area contributed by atoms with E-state index in [0.29, 0.717) is 16.3 Å². The Morgan fingerprint density at radius 3 is 2.33 bits per heavy atom. The Kier molecular flexibility index (Phi) is 5.28. The summed E-state index contributed by atoms with van der Waals surface area (Å²) in [4.78, 5) is 15.3. The molecule has 1 fully saturated rings. The fourth-order valence-corrected chi connectivity index (χ4v) is 3.46. The molecule has 0 aromatic heterocycles. The number of likely N-dealkylation sites (N-methyl/N-ethyl adjacent to an activating group) is 1. The summed E-state index contributed by atoms with van der Waals surface area (Å²) in [5, 5.41) is 0.536. The predicted octanol–water partition coefficient (Wildman–Crippen LogP) is 4.19. The lowest BCUT2D eigenvalue weighted by Gasteiger charge is -2.38. The predicted molar refractivity (Wildman–Crippen MR) is 86.5 cm³/mol. The Labute approximate surface area is 132 Å². The van der Waals surface area contributed by atoms with Crippen molar-refractivity contribution in [2.24, 2.45) is 0 Å². The molecule has 4 heteroatoms. The molecule has 1 aliphatic rings. The molecule has 0 spiro atoms. The van der Waals surface area contributed by atoms with Crippen molar-refractivity contribution in [1.82, 2.24) is 4.90 Å². The van der Waals surface area contributed by atoms with Gasteiger partial charge in [-0.2, -0.15) is 0 Å². The molecular weight excluding hydrogens is 286 g/mol. The number of hydrogen-bond donors (Lipinski definition) is 0. The molecular formula is C17H24ClNO2. The number of ketones is 1. The van der Waals surface area contributed by atoms with Crippen molar-refractivity contribution in [1.29, 1.82) is 0 Å². The largest absolute Gasteiger partial charge is 0.495 e. The van der Waals surface area contributed by atoms with Gasteiger partial charge in [0.2, 0.25) is 0 Å². The molecule has 1 saturated carbocycles. The van der Waals surface area contributed by atoms with E-state index in [2.05, 4.69) is 4.90 Å². The first-order valence-electron chi connectivity index (χ1n) is 7.57. The Balaban J connectivity index is 2.38. The van der Waals surface area contributed by atoms with Gasteiger partial charge in [0, 0.05) is 5.56 Å². The van der Waals surface area contributed by atoms with E-state index in [1.807, 2.05) is 20.2 Å². The summed E-state index contributed by atoms with van der Waals surface area (Å²) in [5.41, 5.74) is 0.293. The molecule has 0 saturated heterocycles. The summed E-state index contributed by atoms with van der Waals surface area (Å²) in [6.45, 7) is 0. The number of carbonyl (C=O) groups excluding carboxylic acids is 1. The quantitative estimate of drug-likeness (QED) is 0.617. The maximum Gasteiger partial charge on any atom is 0.183 e. The number of nitrogens with zero attached hydrogens (tertiary/aromatic N) is 1. The van der Waals surface area contributed by atoms with Crippen molar-refractivity contribution in [2.45, 2.75) is 44.1 Å². The lowest BCUT2D eigenvalue weighted by molar-refractivity contribution is 0.0634. The zero-order chi connectivity index (χ0) is 15.5. The van der Waals surface area contributed by atoms with Gasteiger partial charge in [0.05, 0.1) is 17.7 Å². The number of carbonyl (C=O) groups is 1. The standard InChI is InChI=1S/C17H24ClNO2/c1-19(2)17(10-6-4-5-7-11-17)16(20)13-8-9-14(18)15(12-13)21-3/h8-9,12H,4-7,10-11H2,1-3H3. The Morgan fingerprint density at radius 2 is 1.81 bits per heavy atom. The van der Waals surface area contributed by atoms with Crippen molar-refractivity contribution in [3.63, 3.8) is 0 Å². The molecule has 0 bridgehead atoms. The smallest absolute Gasteiger partial charge is 0.183 e. The number of ether oxygens (including phenoxy) is 1. The Hall–Kier alpha value is -1.06. The second-order valence-electron chi connectivity index (χ2n) is 6.02. The second-order valence-corrected chi connectivity index (χ2v) is 6.43. The summed E-state index contributed by atoms with van der Waals surface area (Å²) in [6.07, 6.45) is 6.48. The first kappa shape index (κ1) is 16.3. The summed E-state index contributed by atoms with van der Waals surface area (Å²) >= 11 is 6.06. The van der Waals surface area contributed by atoms with Gasteiger partial charge < -0.3 is 4.74 Å². The van der Waals surface area contributed by atoms with Crippen molar-refractivity contribution >= 4 is 17.4 Å². The van der Waals surface area contributed by atoms with Crippen molar-refractivity contribution < 1.29 is 9.53 Å². The van der Waals surface area contributed by atoms with Gasteiger partial charge in [0.1, 0.15) is 5.75 Å². The van der Waals surface area contributed by atoms with Gasteiger partial charge in [0.15, 0.2) is 5.78 Å². The van der Waals surface area contributed by atoms with E-state index in [9.17, 15) is 4.79 Å². The molecule has 0 heterocycles. The maximum atomic E-state index is 13.2. The van der Waals surface area contributed by atoms with Gasteiger partial charge in [-0.25, -0.2) is 0 Å². The third kappa shape index (κ3) is 3.24. The highest BCUT2D eigenvalue weighted by molar-refractivity contribution is 6.32. The highest BCUT2D eigenvalue weighted by atomic mass is 35.5. The van der Waals surface area contributed by atoms with Crippen LogP contribution in [0.1, 0.15) is 48.9 Å². The summed E-state index contributed by atoms with van der Waals surface area (Å²) < 4.78 is 5.24. The van der Waals surface area contributed by atoms with Crippen molar-refractivity contribution in [3.05, 3.63) is 28.8 Å². The number of benzene rings is 1. The number of hydrogen-bond acceptors (Lipinski definition) is 3. The minimum atomic E-state index is -0.394. The molecule has 0 atom stereocenters. The van der Waals surface area contributed by atoms with Crippen LogP contribution in [0.3, 0.4) is 0 Å².